The number of nitriles is 1. The molecule has 1 aromatic rings. The lowest BCUT2D eigenvalue weighted by atomic mass is 10.1. The molecule has 0 aliphatic rings. The topological polar surface area (TPSA) is 59.0 Å². The lowest BCUT2D eigenvalue weighted by molar-refractivity contribution is 0.414. The largest absolute Gasteiger partial charge is 0.497 e. The van der Waals surface area contributed by atoms with Crippen LogP contribution in [0.15, 0.2) is 12.1 Å². The molecular weight excluding hydrogens is 188 g/mol. The van der Waals surface area contributed by atoms with Gasteiger partial charge in [-0.15, -0.1) is 0 Å². The number of nitrogens with zero attached hydrogens (tertiary/aromatic N) is 1. The highest BCUT2D eigenvalue weighted by atomic mass is 35.5. The molecule has 13 heavy (non-hydrogen) atoms. The van der Waals surface area contributed by atoms with Gasteiger partial charge in [0, 0.05) is 6.54 Å². The fourth-order valence-corrected chi connectivity index (χ4v) is 1.23. The minimum absolute atomic E-state index is 0.296. The second-order valence-electron chi connectivity index (χ2n) is 2.46. The molecule has 0 radical (unpaired) electrons. The Hall–Kier alpha value is -1.24. The molecule has 0 aliphatic heterocycles. The van der Waals surface area contributed by atoms with Gasteiger partial charge in [0.15, 0.2) is 0 Å². The van der Waals surface area contributed by atoms with Crippen LogP contribution in [0.4, 0.5) is 0 Å². The van der Waals surface area contributed by atoms with Crippen molar-refractivity contribution in [3.8, 4) is 11.8 Å². The number of hydrogen-bond acceptors (Lipinski definition) is 3. The Bertz CT molecular complexity index is 357. The first-order valence-electron chi connectivity index (χ1n) is 3.69. The number of hydrogen-bond donors (Lipinski definition) is 1. The SMILES string of the molecule is COc1cc(C#N)c(Cl)c(CN)c1. The molecule has 0 aromatic heterocycles. The third kappa shape index (κ3) is 1.92. The van der Waals surface area contributed by atoms with Crippen LogP contribution in [-0.4, -0.2) is 7.11 Å². The molecule has 0 saturated carbocycles. The van der Waals surface area contributed by atoms with Crippen molar-refractivity contribution in [2.24, 2.45) is 5.73 Å². The highest BCUT2D eigenvalue weighted by molar-refractivity contribution is 6.32. The van der Waals surface area contributed by atoms with Crippen molar-refractivity contribution >= 4 is 11.6 Å². The summed E-state index contributed by atoms with van der Waals surface area (Å²) in [6.45, 7) is 0.296. The molecule has 3 nitrogen and oxygen atoms in total. The molecule has 0 fully saturated rings. The van der Waals surface area contributed by atoms with Gasteiger partial charge in [-0.25, -0.2) is 0 Å². The minimum atomic E-state index is 0.296. The van der Waals surface area contributed by atoms with Crippen LogP contribution in [0.25, 0.3) is 0 Å². The molecule has 1 aromatic carbocycles. The predicted octanol–water partition coefficient (Wildman–Crippen LogP) is 1.68. The summed E-state index contributed by atoms with van der Waals surface area (Å²) in [4.78, 5) is 0. The van der Waals surface area contributed by atoms with Crippen molar-refractivity contribution in [3.05, 3.63) is 28.3 Å². The standard InChI is InChI=1S/C9H9ClN2O/c1-13-8-2-6(4-11)9(10)7(3-8)5-12/h2-3H,4,11H2,1H3. The van der Waals surface area contributed by atoms with E-state index in [-0.39, 0.29) is 0 Å². The van der Waals surface area contributed by atoms with Crippen LogP contribution < -0.4 is 10.5 Å². The van der Waals surface area contributed by atoms with Crippen LogP contribution in [0.3, 0.4) is 0 Å². The summed E-state index contributed by atoms with van der Waals surface area (Å²) in [5, 5.41) is 9.14. The first-order valence-corrected chi connectivity index (χ1v) is 4.07. The molecule has 0 saturated heterocycles. The predicted molar refractivity (Wildman–Crippen MR) is 50.6 cm³/mol. The van der Waals surface area contributed by atoms with Crippen molar-refractivity contribution in [3.63, 3.8) is 0 Å². The Morgan fingerprint density at radius 3 is 2.77 bits per heavy atom. The molecule has 4 heteroatoms. The van der Waals surface area contributed by atoms with Crippen LogP contribution in [0.5, 0.6) is 5.75 Å². The van der Waals surface area contributed by atoms with E-state index in [9.17, 15) is 0 Å². The Morgan fingerprint density at radius 1 is 1.62 bits per heavy atom. The van der Waals surface area contributed by atoms with Crippen molar-refractivity contribution in [1.82, 2.24) is 0 Å². The van der Waals surface area contributed by atoms with Gasteiger partial charge in [-0.3, -0.25) is 0 Å². The van der Waals surface area contributed by atoms with Crippen LogP contribution in [0.1, 0.15) is 11.1 Å². The maximum Gasteiger partial charge on any atom is 0.120 e. The van der Waals surface area contributed by atoms with E-state index in [1.165, 1.54) is 7.11 Å². The number of methoxy groups -OCH3 is 1. The van der Waals surface area contributed by atoms with Gasteiger partial charge in [0.2, 0.25) is 0 Å². The highest BCUT2D eigenvalue weighted by Gasteiger charge is 2.07. The Morgan fingerprint density at radius 2 is 2.31 bits per heavy atom. The third-order valence-corrected chi connectivity index (χ3v) is 2.14. The molecule has 2 N–H and O–H groups in total. The third-order valence-electron chi connectivity index (χ3n) is 1.70. The molecule has 0 unspecified atom stereocenters. The maximum atomic E-state index is 8.73. The van der Waals surface area contributed by atoms with E-state index < -0.39 is 0 Å². The lowest BCUT2D eigenvalue weighted by Crippen LogP contribution is -1.99. The lowest BCUT2D eigenvalue weighted by Gasteiger charge is -2.06. The smallest absolute Gasteiger partial charge is 0.120 e. The van der Waals surface area contributed by atoms with Crippen LogP contribution in [0, 0.1) is 11.3 Å². The molecule has 0 aliphatic carbocycles. The molecule has 0 spiro atoms. The van der Waals surface area contributed by atoms with E-state index in [0.717, 1.165) is 5.56 Å². The van der Waals surface area contributed by atoms with E-state index >= 15 is 0 Å². The van der Waals surface area contributed by atoms with Gasteiger partial charge in [0.05, 0.1) is 17.7 Å². The molecule has 0 atom stereocenters. The summed E-state index contributed by atoms with van der Waals surface area (Å²) in [5.41, 5.74) is 6.56. The monoisotopic (exact) mass is 196 g/mol. The van der Waals surface area contributed by atoms with Crippen LogP contribution >= 0.6 is 11.6 Å². The number of ether oxygens (including phenoxy) is 1. The van der Waals surface area contributed by atoms with Gasteiger partial charge in [0.25, 0.3) is 0 Å². The van der Waals surface area contributed by atoms with E-state index in [4.69, 9.17) is 27.3 Å². The van der Waals surface area contributed by atoms with Crippen molar-refractivity contribution in [2.75, 3.05) is 7.11 Å². The molecule has 1 rings (SSSR count). The summed E-state index contributed by atoms with van der Waals surface area (Å²) in [6, 6.07) is 5.29. The Balaban J connectivity index is 3.31. The van der Waals surface area contributed by atoms with Crippen LogP contribution in [-0.2, 0) is 6.54 Å². The average Bonchev–Trinajstić information content (AvgIpc) is 2.18. The second-order valence-corrected chi connectivity index (χ2v) is 2.84. The van der Waals surface area contributed by atoms with Crippen molar-refractivity contribution < 1.29 is 4.74 Å². The van der Waals surface area contributed by atoms with E-state index in [2.05, 4.69) is 0 Å². The maximum absolute atomic E-state index is 8.73. The summed E-state index contributed by atoms with van der Waals surface area (Å²) >= 11 is 5.88. The van der Waals surface area contributed by atoms with Gasteiger partial charge in [-0.2, -0.15) is 5.26 Å². The quantitative estimate of drug-likeness (QED) is 0.783. The van der Waals surface area contributed by atoms with E-state index in [0.29, 0.717) is 22.9 Å². The fraction of sp³-hybridized carbons (Fsp3) is 0.222. The summed E-state index contributed by atoms with van der Waals surface area (Å²) in [5.74, 6) is 0.599. The molecule has 68 valence electrons. The molecule has 0 heterocycles. The zero-order valence-electron chi connectivity index (χ0n) is 7.17. The normalized spacial score (nSPS) is 9.38. The van der Waals surface area contributed by atoms with Crippen molar-refractivity contribution in [2.45, 2.75) is 6.54 Å². The number of nitrogens with two attached hydrogens (primary N) is 1. The van der Waals surface area contributed by atoms with Gasteiger partial charge < -0.3 is 10.5 Å². The Labute approximate surface area is 81.7 Å². The van der Waals surface area contributed by atoms with Gasteiger partial charge >= 0.3 is 0 Å². The van der Waals surface area contributed by atoms with E-state index in [1.807, 2.05) is 6.07 Å². The van der Waals surface area contributed by atoms with Crippen molar-refractivity contribution in [1.29, 1.82) is 5.26 Å². The van der Waals surface area contributed by atoms with Gasteiger partial charge in [-0.05, 0) is 17.7 Å². The molecule has 0 amide bonds. The minimum Gasteiger partial charge on any atom is -0.497 e. The number of halogens is 1. The average molecular weight is 197 g/mol. The fourth-order valence-electron chi connectivity index (χ4n) is 1.00. The first-order chi connectivity index (χ1) is 6.22. The number of rotatable bonds is 2. The van der Waals surface area contributed by atoms with Gasteiger partial charge in [0.1, 0.15) is 11.8 Å². The zero-order chi connectivity index (χ0) is 9.84. The zero-order valence-corrected chi connectivity index (χ0v) is 7.93. The van der Waals surface area contributed by atoms with Gasteiger partial charge in [-0.1, -0.05) is 11.6 Å². The molecule has 0 bridgehead atoms. The van der Waals surface area contributed by atoms with Crippen LogP contribution in [0.2, 0.25) is 5.02 Å². The number of benzene rings is 1. The first kappa shape index (κ1) is 9.85. The second kappa shape index (κ2) is 4.13. The molecular formula is C9H9ClN2O. The highest BCUT2D eigenvalue weighted by Crippen LogP contribution is 2.26. The summed E-state index contributed by atoms with van der Waals surface area (Å²) < 4.78 is 4.99. The summed E-state index contributed by atoms with van der Waals surface area (Å²) in [6.07, 6.45) is 0. The van der Waals surface area contributed by atoms with E-state index in [1.54, 1.807) is 12.1 Å². The summed E-state index contributed by atoms with van der Waals surface area (Å²) in [7, 11) is 1.53. The Kier molecular flexibility index (Phi) is 3.13.